The van der Waals surface area contributed by atoms with Crippen molar-refractivity contribution in [2.24, 2.45) is 0 Å². The van der Waals surface area contributed by atoms with Gasteiger partial charge in [-0.3, -0.25) is 0 Å². The number of likely N-dealkylation sites (tertiary alicyclic amines) is 1. The Morgan fingerprint density at radius 1 is 1.25 bits per heavy atom. The Bertz CT molecular complexity index is 1940. The quantitative estimate of drug-likeness (QED) is 0.294. The molecule has 13 heteroatoms. The lowest BCUT2D eigenvalue weighted by Crippen LogP contribution is -2.35. The second-order valence-electron chi connectivity index (χ2n) is 12.4. The summed E-state index contributed by atoms with van der Waals surface area (Å²) in [5.74, 6) is 1.84. The second kappa shape index (κ2) is 10.2. The molecule has 1 saturated heterocycles. The minimum absolute atomic E-state index is 0.0878. The van der Waals surface area contributed by atoms with Crippen LogP contribution in [0.1, 0.15) is 84.5 Å². The number of nitrogen functional groups attached to an aromatic ring is 1. The van der Waals surface area contributed by atoms with Crippen molar-refractivity contribution < 1.29 is 9.63 Å². The number of aromatic nitrogens is 7. The first-order chi connectivity index (χ1) is 21.4. The maximum atomic E-state index is 10.1. The fourth-order valence-electron chi connectivity index (χ4n) is 7.98. The number of likely N-dealkylation sites (N-methyl/N-ethyl adjacent to an activating group) is 1. The van der Waals surface area contributed by atoms with Crippen molar-refractivity contribution in [2.75, 3.05) is 19.3 Å². The van der Waals surface area contributed by atoms with Crippen molar-refractivity contribution in [1.82, 2.24) is 39.6 Å². The van der Waals surface area contributed by atoms with Crippen molar-refractivity contribution in [3.63, 3.8) is 0 Å². The highest BCUT2D eigenvalue weighted by molar-refractivity contribution is 7.16. The number of thiophene rings is 1. The molecule has 44 heavy (non-hydrogen) atoms. The number of anilines is 1. The third-order valence-corrected chi connectivity index (χ3v) is 11.1. The van der Waals surface area contributed by atoms with Crippen molar-refractivity contribution >= 4 is 27.4 Å². The molecule has 3 unspecified atom stereocenters. The van der Waals surface area contributed by atoms with E-state index in [4.69, 9.17) is 25.3 Å². The van der Waals surface area contributed by atoms with Crippen LogP contribution >= 0.6 is 11.3 Å². The highest BCUT2D eigenvalue weighted by Crippen LogP contribution is 2.55. The Kier molecular flexibility index (Phi) is 6.37. The maximum absolute atomic E-state index is 10.1. The Balaban J connectivity index is 1.31. The molecule has 1 spiro atoms. The molecule has 0 radical (unpaired) electrons. The zero-order valence-corrected chi connectivity index (χ0v) is 25.6. The number of hydrogen-bond donors (Lipinski definition) is 2. The monoisotopic (exact) mass is 610 g/mol. The summed E-state index contributed by atoms with van der Waals surface area (Å²) in [6, 6.07) is 4.60. The van der Waals surface area contributed by atoms with Crippen LogP contribution in [0.2, 0.25) is 0 Å². The van der Waals surface area contributed by atoms with Crippen LogP contribution in [0.15, 0.2) is 23.0 Å². The van der Waals surface area contributed by atoms with E-state index in [9.17, 15) is 10.4 Å². The van der Waals surface area contributed by atoms with Gasteiger partial charge in [0.25, 0.3) is 0 Å². The highest BCUT2D eigenvalue weighted by Gasteiger charge is 2.49. The van der Waals surface area contributed by atoms with Gasteiger partial charge in [-0.15, -0.1) is 11.3 Å². The van der Waals surface area contributed by atoms with Crippen LogP contribution in [-0.2, 0) is 24.9 Å². The first-order valence-corrected chi connectivity index (χ1v) is 16.2. The average Bonchev–Trinajstić information content (AvgIpc) is 3.86. The van der Waals surface area contributed by atoms with E-state index in [0.717, 1.165) is 80.2 Å². The summed E-state index contributed by atoms with van der Waals surface area (Å²) in [5, 5.41) is 35.2. The molecule has 0 saturated carbocycles. The van der Waals surface area contributed by atoms with Crippen LogP contribution in [0.3, 0.4) is 0 Å². The van der Waals surface area contributed by atoms with Crippen molar-refractivity contribution in [1.29, 1.82) is 5.26 Å². The molecule has 8 rings (SSSR count). The van der Waals surface area contributed by atoms with Gasteiger partial charge < -0.3 is 20.3 Å². The number of aliphatic hydroxyl groups is 1. The predicted octanol–water partition coefficient (Wildman–Crippen LogP) is 4.29. The molecule has 5 aromatic rings. The summed E-state index contributed by atoms with van der Waals surface area (Å²) in [7, 11) is 2.17. The molecule has 3 aliphatic rings. The molecular weight excluding hydrogens is 576 g/mol. The van der Waals surface area contributed by atoms with E-state index in [1.807, 2.05) is 4.68 Å². The molecule has 6 heterocycles. The number of nitriles is 1. The highest BCUT2D eigenvalue weighted by atomic mass is 32.1. The molecule has 0 amide bonds. The number of fused-ring (bicyclic) bond motifs is 5. The van der Waals surface area contributed by atoms with Crippen molar-refractivity contribution in [3.8, 4) is 23.4 Å². The fraction of sp³-hybridized carbons (Fsp3) is 0.484. The molecule has 0 bridgehead atoms. The van der Waals surface area contributed by atoms with E-state index in [2.05, 4.69) is 35.2 Å². The fourth-order valence-corrected chi connectivity index (χ4v) is 9.14. The molecule has 3 atom stereocenters. The predicted molar refractivity (Wildman–Crippen MR) is 164 cm³/mol. The zero-order valence-electron chi connectivity index (χ0n) is 24.8. The SMILES string of the molecule is CC(C1CCCN1C)n1ncc2c(-n3ccc(CO)n3)nc(-c3noc4c3CCCC43CCCc4sc(N)c(C#N)c43)nc21. The van der Waals surface area contributed by atoms with Gasteiger partial charge in [-0.25, -0.2) is 19.3 Å². The van der Waals surface area contributed by atoms with Crippen LogP contribution in [0.25, 0.3) is 28.4 Å². The van der Waals surface area contributed by atoms with Crippen LogP contribution < -0.4 is 5.73 Å². The Labute approximate surface area is 258 Å². The number of hydrogen-bond acceptors (Lipinski definition) is 11. The van der Waals surface area contributed by atoms with Gasteiger partial charge in [0.2, 0.25) is 0 Å². The molecule has 3 N–H and O–H groups in total. The lowest BCUT2D eigenvalue weighted by atomic mass is 9.63. The van der Waals surface area contributed by atoms with E-state index in [1.165, 1.54) is 16.2 Å². The summed E-state index contributed by atoms with van der Waals surface area (Å²) in [4.78, 5) is 13.7. The van der Waals surface area contributed by atoms with E-state index in [0.29, 0.717) is 45.3 Å². The second-order valence-corrected chi connectivity index (χ2v) is 13.6. The molecule has 0 aromatic carbocycles. The number of nitrogens with two attached hydrogens (primary N) is 1. The third-order valence-electron chi connectivity index (χ3n) is 10.0. The Hall–Kier alpha value is -4.12. The van der Waals surface area contributed by atoms with E-state index >= 15 is 0 Å². The minimum atomic E-state index is -0.431. The summed E-state index contributed by atoms with van der Waals surface area (Å²) >= 11 is 1.54. The van der Waals surface area contributed by atoms with E-state index < -0.39 is 5.41 Å². The first-order valence-electron chi connectivity index (χ1n) is 15.4. The lowest BCUT2D eigenvalue weighted by Gasteiger charge is -2.39. The van der Waals surface area contributed by atoms with Gasteiger partial charge in [0.1, 0.15) is 11.1 Å². The largest absolute Gasteiger partial charge is 0.390 e. The standard InChI is InChI=1S/C31H34N10O2S/c1-17(22-7-5-12-39(22)2)41-30-21(15-34-41)29(40-13-9-18(16-42)37-40)35-28(36-30)25-19-6-3-10-31(26(19)43-38-25)11-4-8-23-24(31)20(14-32)27(33)44-23/h9,13,15,17,22,42H,3-8,10-12,16,33H2,1-2H3. The van der Waals surface area contributed by atoms with Gasteiger partial charge in [-0.2, -0.15) is 15.5 Å². The molecule has 12 nitrogen and oxygen atoms in total. The van der Waals surface area contributed by atoms with Crippen molar-refractivity contribution in [2.45, 2.75) is 82.4 Å². The summed E-state index contributed by atoms with van der Waals surface area (Å²) < 4.78 is 9.95. The van der Waals surface area contributed by atoms with E-state index in [1.54, 1.807) is 23.1 Å². The van der Waals surface area contributed by atoms with Crippen LogP contribution in [0.5, 0.6) is 0 Å². The normalized spacial score (nSPS) is 22.4. The molecular formula is C31H34N10O2S. The Morgan fingerprint density at radius 3 is 2.84 bits per heavy atom. The van der Waals surface area contributed by atoms with Gasteiger partial charge in [-0.05, 0) is 83.5 Å². The van der Waals surface area contributed by atoms with Crippen LogP contribution in [0, 0.1) is 11.3 Å². The molecule has 1 fully saturated rings. The number of aryl methyl sites for hydroxylation is 1. The smallest absolute Gasteiger partial charge is 0.186 e. The number of nitrogens with zero attached hydrogens (tertiary/aromatic N) is 9. The molecule has 1 aliphatic heterocycles. The van der Waals surface area contributed by atoms with Crippen LogP contribution in [0.4, 0.5) is 5.00 Å². The Morgan fingerprint density at radius 2 is 2.09 bits per heavy atom. The van der Waals surface area contributed by atoms with Gasteiger partial charge in [0, 0.05) is 22.7 Å². The van der Waals surface area contributed by atoms with Gasteiger partial charge >= 0.3 is 0 Å². The van der Waals surface area contributed by atoms with Gasteiger partial charge in [0.15, 0.2) is 28.7 Å². The van der Waals surface area contributed by atoms with Crippen LogP contribution in [-0.4, -0.2) is 64.3 Å². The zero-order chi connectivity index (χ0) is 30.2. The number of rotatable bonds is 5. The molecule has 226 valence electrons. The maximum Gasteiger partial charge on any atom is 0.186 e. The summed E-state index contributed by atoms with van der Waals surface area (Å²) in [5.41, 5.74) is 10.4. The number of aliphatic hydroxyl groups excluding tert-OH is 1. The van der Waals surface area contributed by atoms with Gasteiger partial charge in [-0.1, -0.05) is 5.16 Å². The van der Waals surface area contributed by atoms with E-state index in [-0.39, 0.29) is 12.6 Å². The van der Waals surface area contributed by atoms with Gasteiger partial charge in [0.05, 0.1) is 40.9 Å². The lowest BCUT2D eigenvalue weighted by molar-refractivity contribution is 0.232. The summed E-state index contributed by atoms with van der Waals surface area (Å²) in [6.07, 6.45) is 11.3. The average molecular weight is 611 g/mol. The molecule has 2 aliphatic carbocycles. The summed E-state index contributed by atoms with van der Waals surface area (Å²) in [6.45, 7) is 3.09. The van der Waals surface area contributed by atoms with Crippen molar-refractivity contribution in [3.05, 3.63) is 51.5 Å². The third kappa shape index (κ3) is 3.90. The minimum Gasteiger partial charge on any atom is -0.390 e. The first kappa shape index (κ1) is 27.4. The molecule has 5 aromatic heterocycles. The topological polar surface area (TPSA) is 161 Å².